The third-order valence-corrected chi connectivity index (χ3v) is 3.30. The number of benzene rings is 1. The summed E-state index contributed by atoms with van der Waals surface area (Å²) in [6.45, 7) is 1.81. The molecule has 1 aromatic heterocycles. The molecule has 0 saturated carbocycles. The number of halogens is 1. The number of alkyl halides is 1. The van der Waals surface area contributed by atoms with E-state index in [9.17, 15) is 4.79 Å². The fourth-order valence-electron chi connectivity index (χ4n) is 1.98. The number of hydrogen-bond acceptors (Lipinski definition) is 4. The maximum atomic E-state index is 11.1. The van der Waals surface area contributed by atoms with Gasteiger partial charge in [-0.15, -0.1) is 0 Å². The van der Waals surface area contributed by atoms with Gasteiger partial charge in [-0.25, -0.2) is 4.79 Å². The van der Waals surface area contributed by atoms with Crippen molar-refractivity contribution in [2.45, 2.75) is 13.3 Å². The Kier molecular flexibility index (Phi) is 4.47. The molecule has 0 aliphatic rings. The molecule has 102 valence electrons. The largest absolute Gasteiger partial charge is 0.478 e. The van der Waals surface area contributed by atoms with Gasteiger partial charge >= 0.3 is 5.97 Å². The summed E-state index contributed by atoms with van der Waals surface area (Å²) in [5.41, 5.74) is 1.84. The van der Waals surface area contributed by atoms with E-state index in [4.69, 9.17) is 9.15 Å². The highest BCUT2D eigenvalue weighted by Crippen LogP contribution is 2.33. The van der Waals surface area contributed by atoms with Gasteiger partial charge in [-0.2, -0.15) is 0 Å². The van der Waals surface area contributed by atoms with Gasteiger partial charge in [-0.3, -0.25) is 0 Å². The van der Waals surface area contributed by atoms with Gasteiger partial charge in [0.15, 0.2) is 17.9 Å². The first-order chi connectivity index (χ1) is 9.17. The van der Waals surface area contributed by atoms with Crippen LogP contribution in [0.5, 0.6) is 5.75 Å². The van der Waals surface area contributed by atoms with E-state index in [0.29, 0.717) is 11.3 Å². The minimum Gasteiger partial charge on any atom is -0.478 e. The third kappa shape index (κ3) is 2.92. The van der Waals surface area contributed by atoms with Crippen LogP contribution in [-0.4, -0.2) is 25.0 Å². The number of ether oxygens (including phenoxy) is 2. The molecular formula is C14H15BrO4. The molecule has 0 N–H and O–H groups in total. The van der Waals surface area contributed by atoms with Crippen LogP contribution < -0.4 is 4.74 Å². The first kappa shape index (κ1) is 13.9. The summed E-state index contributed by atoms with van der Waals surface area (Å²) < 4.78 is 15.7. The smallest absolute Gasteiger partial charge is 0.343 e. The maximum absolute atomic E-state index is 11.1. The zero-order valence-electron chi connectivity index (χ0n) is 10.9. The quantitative estimate of drug-likeness (QED) is 0.625. The predicted molar refractivity (Wildman–Crippen MR) is 76.0 cm³/mol. The number of hydrogen-bond donors (Lipinski definition) is 0. The highest BCUT2D eigenvalue weighted by Gasteiger charge is 2.14. The van der Waals surface area contributed by atoms with E-state index >= 15 is 0 Å². The van der Waals surface area contributed by atoms with Crippen LogP contribution in [0.1, 0.15) is 11.3 Å². The zero-order valence-corrected chi connectivity index (χ0v) is 12.5. The summed E-state index contributed by atoms with van der Waals surface area (Å²) in [7, 11) is 1.33. The molecule has 2 rings (SSSR count). The van der Waals surface area contributed by atoms with Crippen LogP contribution >= 0.6 is 15.9 Å². The number of carbonyl (C=O) groups excluding carboxylic acids is 1. The van der Waals surface area contributed by atoms with Crippen molar-refractivity contribution >= 4 is 32.9 Å². The van der Waals surface area contributed by atoms with Crippen molar-refractivity contribution in [3.63, 3.8) is 0 Å². The Labute approximate surface area is 119 Å². The van der Waals surface area contributed by atoms with Crippen molar-refractivity contribution in [3.05, 3.63) is 29.5 Å². The third-order valence-electron chi connectivity index (χ3n) is 2.90. The van der Waals surface area contributed by atoms with E-state index in [1.165, 1.54) is 7.11 Å². The van der Waals surface area contributed by atoms with Gasteiger partial charge < -0.3 is 13.9 Å². The first-order valence-corrected chi connectivity index (χ1v) is 7.06. The number of carbonyl (C=O) groups is 1. The second-order valence-corrected chi connectivity index (χ2v) is 4.87. The van der Waals surface area contributed by atoms with Crippen molar-refractivity contribution in [3.8, 4) is 5.75 Å². The molecule has 4 nitrogen and oxygen atoms in total. The summed E-state index contributed by atoms with van der Waals surface area (Å²) >= 11 is 3.43. The molecule has 0 aliphatic heterocycles. The molecule has 0 radical (unpaired) electrons. The lowest BCUT2D eigenvalue weighted by Gasteiger charge is -2.04. The van der Waals surface area contributed by atoms with Gasteiger partial charge in [0.05, 0.1) is 7.11 Å². The standard InChI is InChI=1S/C14H15BrO4/c1-9-10(6-7-15)11-4-3-5-12(14(11)19-9)18-8-13(16)17-2/h3-5H,6-8H2,1-2H3. The zero-order chi connectivity index (χ0) is 13.8. The fraction of sp³-hybridized carbons (Fsp3) is 0.357. The summed E-state index contributed by atoms with van der Waals surface area (Å²) in [5.74, 6) is 1.02. The van der Waals surface area contributed by atoms with Crippen LogP contribution in [0.4, 0.5) is 0 Å². The highest BCUT2D eigenvalue weighted by atomic mass is 79.9. The highest BCUT2D eigenvalue weighted by molar-refractivity contribution is 9.09. The second-order valence-electron chi connectivity index (χ2n) is 4.07. The molecule has 0 bridgehead atoms. The SMILES string of the molecule is COC(=O)COc1cccc2c(CCBr)c(C)oc12. The van der Waals surface area contributed by atoms with Crippen molar-refractivity contribution < 1.29 is 18.7 Å². The molecule has 5 heteroatoms. The number of fused-ring (bicyclic) bond motifs is 1. The fourth-order valence-corrected chi connectivity index (χ4v) is 2.37. The van der Waals surface area contributed by atoms with Crippen molar-refractivity contribution in [2.24, 2.45) is 0 Å². The normalized spacial score (nSPS) is 10.7. The molecular weight excluding hydrogens is 312 g/mol. The maximum Gasteiger partial charge on any atom is 0.343 e. The Morgan fingerprint density at radius 2 is 2.21 bits per heavy atom. The van der Waals surface area contributed by atoms with E-state index in [2.05, 4.69) is 20.7 Å². The monoisotopic (exact) mass is 326 g/mol. The van der Waals surface area contributed by atoms with Gasteiger partial charge in [-0.1, -0.05) is 28.1 Å². The Morgan fingerprint density at radius 3 is 2.89 bits per heavy atom. The average Bonchev–Trinajstić information content (AvgIpc) is 2.74. The Morgan fingerprint density at radius 1 is 1.42 bits per heavy atom. The molecule has 2 aromatic rings. The average molecular weight is 327 g/mol. The topological polar surface area (TPSA) is 48.7 Å². The first-order valence-electron chi connectivity index (χ1n) is 5.94. The lowest BCUT2D eigenvalue weighted by atomic mass is 10.1. The summed E-state index contributed by atoms with van der Waals surface area (Å²) in [5, 5.41) is 1.90. The Hall–Kier alpha value is -1.49. The number of furan rings is 1. The predicted octanol–water partition coefficient (Wildman–Crippen LogP) is 3.23. The molecule has 0 amide bonds. The molecule has 0 atom stereocenters. The van der Waals surface area contributed by atoms with Gasteiger partial charge in [0, 0.05) is 16.3 Å². The van der Waals surface area contributed by atoms with Gasteiger partial charge in [0.2, 0.25) is 0 Å². The molecule has 0 aliphatic carbocycles. The Balaban J connectivity index is 2.35. The van der Waals surface area contributed by atoms with Gasteiger partial charge in [0.1, 0.15) is 5.76 Å². The lowest BCUT2D eigenvalue weighted by Crippen LogP contribution is -2.12. The molecule has 19 heavy (non-hydrogen) atoms. The summed E-state index contributed by atoms with van der Waals surface area (Å²) in [4.78, 5) is 11.1. The van der Waals surface area contributed by atoms with Crippen molar-refractivity contribution in [2.75, 3.05) is 19.0 Å². The van der Waals surface area contributed by atoms with E-state index in [1.54, 1.807) is 6.07 Å². The minimum atomic E-state index is -0.416. The van der Waals surface area contributed by atoms with Crippen molar-refractivity contribution in [1.29, 1.82) is 0 Å². The summed E-state index contributed by atoms with van der Waals surface area (Å²) in [6, 6.07) is 5.67. The van der Waals surface area contributed by atoms with Crippen LogP contribution in [0.3, 0.4) is 0 Å². The van der Waals surface area contributed by atoms with Crippen LogP contribution in [0, 0.1) is 6.92 Å². The number of aryl methyl sites for hydroxylation is 2. The number of esters is 1. The molecule has 0 spiro atoms. The van der Waals surface area contributed by atoms with E-state index < -0.39 is 5.97 Å². The number of methoxy groups -OCH3 is 1. The Bertz CT molecular complexity index is 588. The van der Waals surface area contributed by atoms with Gasteiger partial charge in [-0.05, 0) is 19.4 Å². The van der Waals surface area contributed by atoms with E-state index in [-0.39, 0.29) is 6.61 Å². The summed E-state index contributed by atoms with van der Waals surface area (Å²) in [6.07, 6.45) is 0.888. The van der Waals surface area contributed by atoms with E-state index in [0.717, 1.165) is 28.5 Å². The van der Waals surface area contributed by atoms with Crippen LogP contribution in [-0.2, 0) is 16.0 Å². The molecule has 0 unspecified atom stereocenters. The molecule has 1 aromatic carbocycles. The molecule has 1 heterocycles. The lowest BCUT2D eigenvalue weighted by molar-refractivity contribution is -0.142. The van der Waals surface area contributed by atoms with Gasteiger partial charge in [0.25, 0.3) is 0 Å². The minimum absolute atomic E-state index is 0.122. The molecule has 0 saturated heterocycles. The molecule has 0 fully saturated rings. The van der Waals surface area contributed by atoms with Crippen LogP contribution in [0.2, 0.25) is 0 Å². The second kappa shape index (κ2) is 6.10. The number of rotatable bonds is 5. The van der Waals surface area contributed by atoms with Crippen molar-refractivity contribution in [1.82, 2.24) is 0 Å². The van der Waals surface area contributed by atoms with Crippen LogP contribution in [0.25, 0.3) is 11.0 Å². The van der Waals surface area contributed by atoms with Crippen LogP contribution in [0.15, 0.2) is 22.6 Å². The van der Waals surface area contributed by atoms with E-state index in [1.807, 2.05) is 19.1 Å². The number of para-hydroxylation sites is 1.